The topological polar surface area (TPSA) is 49.4 Å². The Morgan fingerprint density at radius 2 is 1.79 bits per heavy atom. The minimum absolute atomic E-state index is 0.0144. The molecule has 1 rings (SSSR count). The predicted molar refractivity (Wildman–Crippen MR) is 76.7 cm³/mol. The maximum Gasteiger partial charge on any atom is 0.248 e. The van der Waals surface area contributed by atoms with Crippen molar-refractivity contribution >= 4 is 11.8 Å². The second-order valence-electron chi connectivity index (χ2n) is 6.64. The molecule has 1 heterocycles. The van der Waals surface area contributed by atoms with Crippen LogP contribution in [0, 0.1) is 11.3 Å². The molecule has 1 N–H and O–H groups in total. The van der Waals surface area contributed by atoms with Crippen molar-refractivity contribution in [3.63, 3.8) is 0 Å². The molecule has 0 bridgehead atoms. The molecule has 0 aliphatic carbocycles. The third-order valence-corrected chi connectivity index (χ3v) is 4.78. The first-order valence-electron chi connectivity index (χ1n) is 7.29. The third-order valence-electron chi connectivity index (χ3n) is 4.78. The average molecular weight is 268 g/mol. The van der Waals surface area contributed by atoms with Gasteiger partial charge in [0, 0.05) is 6.54 Å². The summed E-state index contributed by atoms with van der Waals surface area (Å²) in [5.41, 5.74) is -0.678. The van der Waals surface area contributed by atoms with Crippen molar-refractivity contribution in [1.82, 2.24) is 10.2 Å². The standard InChI is InChI=1S/C15H28N2O2/c1-7-15(8-2)13(19)17(9-12(18)16-15)10-14(5,6)11(3)4/h11H,7-10H2,1-6H3,(H,16,18). The quantitative estimate of drug-likeness (QED) is 0.831. The molecular weight excluding hydrogens is 240 g/mol. The Morgan fingerprint density at radius 3 is 2.21 bits per heavy atom. The molecule has 0 unspecified atom stereocenters. The summed E-state index contributed by atoms with van der Waals surface area (Å²) in [6.07, 6.45) is 1.29. The number of carbonyl (C=O) groups excluding carboxylic acids is 2. The van der Waals surface area contributed by atoms with Crippen LogP contribution in [0.3, 0.4) is 0 Å². The van der Waals surface area contributed by atoms with E-state index in [1.807, 2.05) is 13.8 Å². The van der Waals surface area contributed by atoms with Crippen molar-refractivity contribution in [2.75, 3.05) is 13.1 Å². The largest absolute Gasteiger partial charge is 0.340 e. The molecule has 0 atom stereocenters. The van der Waals surface area contributed by atoms with Gasteiger partial charge in [-0.05, 0) is 24.2 Å². The summed E-state index contributed by atoms with van der Waals surface area (Å²) in [4.78, 5) is 26.3. The Balaban J connectivity index is 2.96. The zero-order valence-corrected chi connectivity index (χ0v) is 13.2. The van der Waals surface area contributed by atoms with E-state index in [4.69, 9.17) is 0 Å². The van der Waals surface area contributed by atoms with E-state index in [0.29, 0.717) is 25.3 Å². The monoisotopic (exact) mass is 268 g/mol. The molecule has 19 heavy (non-hydrogen) atoms. The van der Waals surface area contributed by atoms with Crippen molar-refractivity contribution in [2.24, 2.45) is 11.3 Å². The molecule has 1 aliphatic rings. The van der Waals surface area contributed by atoms with Crippen LogP contribution < -0.4 is 5.32 Å². The number of nitrogens with zero attached hydrogens (tertiary/aromatic N) is 1. The first-order valence-corrected chi connectivity index (χ1v) is 7.29. The summed E-state index contributed by atoms with van der Waals surface area (Å²) in [5, 5.41) is 2.89. The van der Waals surface area contributed by atoms with Gasteiger partial charge in [-0.25, -0.2) is 0 Å². The van der Waals surface area contributed by atoms with Crippen molar-refractivity contribution < 1.29 is 9.59 Å². The number of amides is 2. The van der Waals surface area contributed by atoms with Gasteiger partial charge in [-0.3, -0.25) is 9.59 Å². The van der Waals surface area contributed by atoms with Crippen molar-refractivity contribution in [1.29, 1.82) is 0 Å². The zero-order valence-electron chi connectivity index (χ0n) is 13.2. The Labute approximate surface area is 116 Å². The molecule has 2 amide bonds. The minimum Gasteiger partial charge on any atom is -0.340 e. The smallest absolute Gasteiger partial charge is 0.248 e. The van der Waals surface area contributed by atoms with E-state index in [1.54, 1.807) is 4.90 Å². The van der Waals surface area contributed by atoms with Gasteiger partial charge in [0.05, 0.1) is 6.54 Å². The second kappa shape index (κ2) is 5.51. The summed E-state index contributed by atoms with van der Waals surface area (Å²) >= 11 is 0. The molecule has 1 aliphatic heterocycles. The van der Waals surface area contributed by atoms with Crippen LogP contribution in [0.2, 0.25) is 0 Å². The van der Waals surface area contributed by atoms with Crippen LogP contribution in [-0.2, 0) is 9.59 Å². The predicted octanol–water partition coefficient (Wildman–Crippen LogP) is 2.19. The maximum atomic E-state index is 12.7. The van der Waals surface area contributed by atoms with E-state index in [0.717, 1.165) is 0 Å². The lowest BCUT2D eigenvalue weighted by atomic mass is 9.79. The molecule has 0 spiro atoms. The highest BCUT2D eigenvalue weighted by Gasteiger charge is 2.45. The minimum atomic E-state index is -0.692. The average Bonchev–Trinajstić information content (AvgIpc) is 2.33. The van der Waals surface area contributed by atoms with Gasteiger partial charge in [0.1, 0.15) is 5.54 Å². The highest BCUT2D eigenvalue weighted by molar-refractivity contribution is 5.97. The van der Waals surface area contributed by atoms with Crippen LogP contribution in [0.15, 0.2) is 0 Å². The highest BCUT2D eigenvalue weighted by Crippen LogP contribution is 2.30. The number of piperazine rings is 1. The van der Waals surface area contributed by atoms with Gasteiger partial charge >= 0.3 is 0 Å². The molecule has 0 radical (unpaired) electrons. The number of hydrogen-bond donors (Lipinski definition) is 1. The Hall–Kier alpha value is -1.06. The summed E-state index contributed by atoms with van der Waals surface area (Å²) in [6.45, 7) is 13.4. The molecule has 4 nitrogen and oxygen atoms in total. The lowest BCUT2D eigenvalue weighted by Crippen LogP contribution is -2.67. The van der Waals surface area contributed by atoms with Crippen molar-refractivity contribution in [2.45, 2.75) is 59.9 Å². The fourth-order valence-corrected chi connectivity index (χ4v) is 2.44. The SMILES string of the molecule is CCC1(CC)NC(=O)CN(CC(C)(C)C(C)C)C1=O. The van der Waals surface area contributed by atoms with Gasteiger partial charge in [-0.2, -0.15) is 0 Å². The van der Waals surface area contributed by atoms with E-state index >= 15 is 0 Å². The van der Waals surface area contributed by atoms with Crippen LogP contribution in [0.25, 0.3) is 0 Å². The van der Waals surface area contributed by atoms with E-state index < -0.39 is 5.54 Å². The van der Waals surface area contributed by atoms with Gasteiger partial charge < -0.3 is 10.2 Å². The van der Waals surface area contributed by atoms with E-state index in [9.17, 15) is 9.59 Å². The Morgan fingerprint density at radius 1 is 1.26 bits per heavy atom. The maximum absolute atomic E-state index is 12.7. The molecule has 0 aromatic rings. The summed E-state index contributed by atoms with van der Waals surface area (Å²) in [6, 6.07) is 0. The molecule has 1 fully saturated rings. The first-order chi connectivity index (χ1) is 8.68. The van der Waals surface area contributed by atoms with Gasteiger partial charge in [-0.1, -0.05) is 41.5 Å². The molecule has 4 heteroatoms. The molecule has 110 valence electrons. The van der Waals surface area contributed by atoms with Gasteiger partial charge in [0.2, 0.25) is 11.8 Å². The summed E-state index contributed by atoms with van der Waals surface area (Å²) in [7, 11) is 0. The molecule has 0 aromatic heterocycles. The van der Waals surface area contributed by atoms with Crippen molar-refractivity contribution in [3.8, 4) is 0 Å². The van der Waals surface area contributed by atoms with Crippen LogP contribution >= 0.6 is 0 Å². The zero-order chi connectivity index (χ0) is 14.8. The van der Waals surface area contributed by atoms with Crippen LogP contribution in [0.4, 0.5) is 0 Å². The van der Waals surface area contributed by atoms with Crippen LogP contribution in [0.1, 0.15) is 54.4 Å². The second-order valence-corrected chi connectivity index (χ2v) is 6.64. The first kappa shape index (κ1) is 16.0. The number of hydrogen-bond acceptors (Lipinski definition) is 2. The van der Waals surface area contributed by atoms with Gasteiger partial charge in [-0.15, -0.1) is 0 Å². The fourth-order valence-electron chi connectivity index (χ4n) is 2.44. The number of rotatable bonds is 5. The lowest BCUT2D eigenvalue weighted by molar-refractivity contribution is -0.152. The summed E-state index contributed by atoms with van der Waals surface area (Å²) < 4.78 is 0. The molecule has 1 saturated heterocycles. The third kappa shape index (κ3) is 3.10. The number of nitrogens with one attached hydrogen (secondary N) is 1. The van der Waals surface area contributed by atoms with E-state index in [2.05, 4.69) is 33.0 Å². The van der Waals surface area contributed by atoms with Gasteiger partial charge in [0.25, 0.3) is 0 Å². The highest BCUT2D eigenvalue weighted by atomic mass is 16.2. The Kier molecular flexibility index (Phi) is 4.64. The molecule has 0 aromatic carbocycles. The lowest BCUT2D eigenvalue weighted by Gasteiger charge is -2.44. The van der Waals surface area contributed by atoms with Crippen molar-refractivity contribution in [3.05, 3.63) is 0 Å². The fraction of sp³-hybridized carbons (Fsp3) is 0.867. The molecular formula is C15H28N2O2. The van der Waals surface area contributed by atoms with Gasteiger partial charge in [0.15, 0.2) is 0 Å². The number of carbonyl (C=O) groups is 2. The van der Waals surface area contributed by atoms with Crippen LogP contribution in [0.5, 0.6) is 0 Å². The molecule has 0 saturated carbocycles. The van der Waals surface area contributed by atoms with Crippen LogP contribution in [-0.4, -0.2) is 35.3 Å². The normalized spacial score (nSPS) is 19.8. The van der Waals surface area contributed by atoms with E-state index in [1.165, 1.54) is 0 Å². The summed E-state index contributed by atoms with van der Waals surface area (Å²) in [5.74, 6) is 0.497. The Bertz CT molecular complexity index is 357. The van der Waals surface area contributed by atoms with E-state index in [-0.39, 0.29) is 23.8 Å².